The highest BCUT2D eigenvalue weighted by Crippen LogP contribution is 2.20. The highest BCUT2D eigenvalue weighted by molar-refractivity contribution is 5.27. The first-order chi connectivity index (χ1) is 9.83. The van der Waals surface area contributed by atoms with Crippen molar-refractivity contribution in [3.05, 3.63) is 35.4 Å². The Morgan fingerprint density at radius 1 is 1.30 bits per heavy atom. The summed E-state index contributed by atoms with van der Waals surface area (Å²) in [4.78, 5) is 2.59. The maximum Gasteiger partial charge on any atom is 0.0502 e. The van der Waals surface area contributed by atoms with Crippen molar-refractivity contribution in [1.82, 2.24) is 10.2 Å². The second kappa shape index (κ2) is 8.40. The van der Waals surface area contributed by atoms with Gasteiger partial charge in [0.25, 0.3) is 0 Å². The van der Waals surface area contributed by atoms with E-state index in [9.17, 15) is 0 Å². The van der Waals surface area contributed by atoms with E-state index in [0.29, 0.717) is 5.92 Å². The van der Waals surface area contributed by atoms with E-state index in [-0.39, 0.29) is 0 Å². The number of rotatable bonds is 7. The summed E-state index contributed by atoms with van der Waals surface area (Å²) in [7, 11) is 3.83. The third-order valence-electron chi connectivity index (χ3n) is 4.16. The van der Waals surface area contributed by atoms with E-state index in [1.165, 1.54) is 37.1 Å². The molecule has 3 heteroatoms. The van der Waals surface area contributed by atoms with Crippen LogP contribution in [0.4, 0.5) is 0 Å². The van der Waals surface area contributed by atoms with E-state index < -0.39 is 0 Å². The molecule has 0 aromatic heterocycles. The Labute approximate surface area is 123 Å². The van der Waals surface area contributed by atoms with Gasteiger partial charge in [0.05, 0.1) is 6.61 Å². The summed E-state index contributed by atoms with van der Waals surface area (Å²) >= 11 is 0. The van der Waals surface area contributed by atoms with Gasteiger partial charge in [-0.15, -0.1) is 0 Å². The van der Waals surface area contributed by atoms with Crippen molar-refractivity contribution in [1.29, 1.82) is 0 Å². The van der Waals surface area contributed by atoms with Gasteiger partial charge in [0.1, 0.15) is 0 Å². The minimum atomic E-state index is 0.707. The van der Waals surface area contributed by atoms with Crippen LogP contribution in [0.15, 0.2) is 24.3 Å². The first kappa shape index (κ1) is 15.5. The minimum Gasteiger partial charge on any atom is -0.384 e. The van der Waals surface area contributed by atoms with Gasteiger partial charge in [0, 0.05) is 20.2 Å². The van der Waals surface area contributed by atoms with Crippen LogP contribution in [0.25, 0.3) is 0 Å². The Hall–Kier alpha value is -0.900. The third-order valence-corrected chi connectivity index (χ3v) is 4.16. The molecule has 2 rings (SSSR count). The Bertz CT molecular complexity index is 392. The largest absolute Gasteiger partial charge is 0.384 e. The van der Waals surface area contributed by atoms with Crippen molar-refractivity contribution < 1.29 is 4.74 Å². The van der Waals surface area contributed by atoms with E-state index in [1.54, 1.807) is 0 Å². The molecular weight excluding hydrogens is 248 g/mol. The normalized spacial score (nSPS) is 20.2. The Balaban J connectivity index is 1.94. The molecule has 0 amide bonds. The Morgan fingerprint density at radius 3 is 2.85 bits per heavy atom. The second-order valence-electron chi connectivity index (χ2n) is 5.82. The van der Waals surface area contributed by atoms with Crippen LogP contribution >= 0.6 is 0 Å². The smallest absolute Gasteiger partial charge is 0.0502 e. The van der Waals surface area contributed by atoms with Crippen LogP contribution in [0.5, 0.6) is 0 Å². The molecule has 1 atom stereocenters. The summed E-state index contributed by atoms with van der Waals surface area (Å²) in [5.41, 5.74) is 2.97. The monoisotopic (exact) mass is 276 g/mol. The lowest BCUT2D eigenvalue weighted by atomic mass is 9.97. The van der Waals surface area contributed by atoms with Crippen molar-refractivity contribution in [2.75, 3.05) is 40.4 Å². The summed E-state index contributed by atoms with van der Waals surface area (Å²) < 4.78 is 5.32. The SMILES string of the molecule is CNCCc1ccccc1CN1CCCC(COC)C1. The average Bonchev–Trinajstić information content (AvgIpc) is 2.47. The summed E-state index contributed by atoms with van der Waals surface area (Å²) in [5, 5.41) is 3.24. The molecule has 1 aromatic carbocycles. The highest BCUT2D eigenvalue weighted by Gasteiger charge is 2.20. The van der Waals surface area contributed by atoms with Gasteiger partial charge < -0.3 is 10.1 Å². The lowest BCUT2D eigenvalue weighted by Crippen LogP contribution is -2.36. The Morgan fingerprint density at radius 2 is 2.10 bits per heavy atom. The number of nitrogens with zero attached hydrogens (tertiary/aromatic N) is 1. The zero-order chi connectivity index (χ0) is 14.2. The van der Waals surface area contributed by atoms with Gasteiger partial charge in [-0.1, -0.05) is 24.3 Å². The molecule has 1 saturated heterocycles. The van der Waals surface area contributed by atoms with Gasteiger partial charge in [-0.05, 0) is 56.4 Å². The van der Waals surface area contributed by atoms with E-state index in [4.69, 9.17) is 4.74 Å². The second-order valence-corrected chi connectivity index (χ2v) is 5.82. The maximum absolute atomic E-state index is 5.32. The molecule has 1 aliphatic rings. The highest BCUT2D eigenvalue weighted by atomic mass is 16.5. The van der Waals surface area contributed by atoms with Crippen LogP contribution in [-0.2, 0) is 17.7 Å². The molecule has 20 heavy (non-hydrogen) atoms. The first-order valence-corrected chi connectivity index (χ1v) is 7.76. The third kappa shape index (κ3) is 4.58. The molecule has 0 bridgehead atoms. The minimum absolute atomic E-state index is 0.707. The van der Waals surface area contributed by atoms with Gasteiger partial charge in [-0.25, -0.2) is 0 Å². The van der Waals surface area contributed by atoms with E-state index in [0.717, 1.165) is 26.1 Å². The van der Waals surface area contributed by atoms with E-state index in [2.05, 4.69) is 34.5 Å². The molecule has 1 unspecified atom stereocenters. The summed E-state index contributed by atoms with van der Waals surface area (Å²) in [5.74, 6) is 0.707. The standard InChI is InChI=1S/C17H28N2O/c1-18-10-9-16-7-3-4-8-17(16)13-19-11-5-6-15(12-19)14-20-2/h3-4,7-8,15,18H,5-6,9-14H2,1-2H3. The molecule has 3 nitrogen and oxygen atoms in total. The zero-order valence-corrected chi connectivity index (χ0v) is 12.9. The molecule has 1 fully saturated rings. The van der Waals surface area contributed by atoms with Crippen LogP contribution in [0.2, 0.25) is 0 Å². The molecule has 1 aromatic rings. The number of ether oxygens (including phenoxy) is 1. The van der Waals surface area contributed by atoms with Crippen molar-refractivity contribution >= 4 is 0 Å². The van der Waals surface area contributed by atoms with Crippen molar-refractivity contribution in [2.24, 2.45) is 5.92 Å². The fourth-order valence-corrected chi connectivity index (χ4v) is 3.12. The molecule has 1 aliphatic heterocycles. The van der Waals surface area contributed by atoms with E-state index >= 15 is 0 Å². The predicted octanol–water partition coefficient (Wildman–Crippen LogP) is 2.31. The van der Waals surface area contributed by atoms with Gasteiger partial charge in [0.2, 0.25) is 0 Å². The van der Waals surface area contributed by atoms with Crippen LogP contribution < -0.4 is 5.32 Å². The molecule has 0 saturated carbocycles. The fourth-order valence-electron chi connectivity index (χ4n) is 3.12. The zero-order valence-electron chi connectivity index (χ0n) is 12.9. The number of piperidine rings is 1. The number of nitrogens with one attached hydrogen (secondary N) is 1. The van der Waals surface area contributed by atoms with Crippen molar-refractivity contribution in [3.8, 4) is 0 Å². The lowest BCUT2D eigenvalue weighted by Gasteiger charge is -2.32. The average molecular weight is 276 g/mol. The number of hydrogen-bond acceptors (Lipinski definition) is 3. The number of hydrogen-bond donors (Lipinski definition) is 1. The molecule has 0 radical (unpaired) electrons. The van der Waals surface area contributed by atoms with Gasteiger partial charge in [-0.3, -0.25) is 4.90 Å². The quantitative estimate of drug-likeness (QED) is 0.827. The summed E-state index contributed by atoms with van der Waals surface area (Å²) in [6.45, 7) is 5.43. The fraction of sp³-hybridized carbons (Fsp3) is 0.647. The topological polar surface area (TPSA) is 24.5 Å². The van der Waals surface area contributed by atoms with Crippen LogP contribution in [0.1, 0.15) is 24.0 Å². The summed E-state index contributed by atoms with van der Waals surface area (Å²) in [6, 6.07) is 8.86. The number of likely N-dealkylation sites (N-methyl/N-ethyl adjacent to an activating group) is 1. The molecule has 1 heterocycles. The van der Waals surface area contributed by atoms with Crippen LogP contribution in [-0.4, -0.2) is 45.3 Å². The Kier molecular flexibility index (Phi) is 6.51. The molecule has 112 valence electrons. The molecular formula is C17H28N2O. The van der Waals surface area contributed by atoms with Crippen LogP contribution in [0.3, 0.4) is 0 Å². The molecule has 1 N–H and O–H groups in total. The van der Waals surface area contributed by atoms with Gasteiger partial charge >= 0.3 is 0 Å². The maximum atomic E-state index is 5.32. The number of benzene rings is 1. The van der Waals surface area contributed by atoms with Crippen molar-refractivity contribution in [2.45, 2.75) is 25.8 Å². The van der Waals surface area contributed by atoms with Crippen molar-refractivity contribution in [3.63, 3.8) is 0 Å². The molecule has 0 spiro atoms. The van der Waals surface area contributed by atoms with Gasteiger partial charge in [0.15, 0.2) is 0 Å². The summed E-state index contributed by atoms with van der Waals surface area (Å²) in [6.07, 6.45) is 3.72. The predicted molar refractivity (Wildman–Crippen MR) is 83.9 cm³/mol. The number of methoxy groups -OCH3 is 1. The number of likely N-dealkylation sites (tertiary alicyclic amines) is 1. The van der Waals surface area contributed by atoms with E-state index in [1.807, 2.05) is 14.2 Å². The molecule has 0 aliphatic carbocycles. The van der Waals surface area contributed by atoms with Crippen LogP contribution in [0, 0.1) is 5.92 Å². The lowest BCUT2D eigenvalue weighted by molar-refractivity contribution is 0.0872. The first-order valence-electron chi connectivity index (χ1n) is 7.76. The van der Waals surface area contributed by atoms with Gasteiger partial charge in [-0.2, -0.15) is 0 Å².